The van der Waals surface area contributed by atoms with E-state index in [0.29, 0.717) is 5.75 Å². The molecule has 1 N–H and O–H groups in total. The second-order valence-corrected chi connectivity index (χ2v) is 7.70. The summed E-state index contributed by atoms with van der Waals surface area (Å²) in [5.74, 6) is 1.16. The first-order valence-electron chi connectivity index (χ1n) is 7.91. The van der Waals surface area contributed by atoms with E-state index < -0.39 is 0 Å². The topological polar surface area (TPSA) is 59.8 Å². The molecule has 0 radical (unpaired) electrons. The summed E-state index contributed by atoms with van der Waals surface area (Å²) in [4.78, 5) is 12.2. The van der Waals surface area contributed by atoms with Crippen LogP contribution in [-0.2, 0) is 18.3 Å². The second kappa shape index (κ2) is 7.84. The summed E-state index contributed by atoms with van der Waals surface area (Å²) in [6, 6.07) is 8.11. The van der Waals surface area contributed by atoms with Crippen LogP contribution >= 0.6 is 23.1 Å². The van der Waals surface area contributed by atoms with E-state index in [1.807, 2.05) is 37.6 Å². The lowest BCUT2D eigenvalue weighted by Gasteiger charge is -2.07. The Labute approximate surface area is 155 Å². The van der Waals surface area contributed by atoms with Crippen molar-refractivity contribution in [3.8, 4) is 0 Å². The SMILES string of the molecule is Cc1cc(C)cc(NC(=O)CSc2nnc(Cc3ccsc3)n2C)c1. The zero-order chi connectivity index (χ0) is 17.8. The maximum Gasteiger partial charge on any atom is 0.234 e. The van der Waals surface area contributed by atoms with Crippen LogP contribution in [0, 0.1) is 13.8 Å². The Balaban J connectivity index is 1.58. The number of rotatable bonds is 6. The van der Waals surface area contributed by atoms with E-state index in [4.69, 9.17) is 0 Å². The molecule has 0 unspecified atom stereocenters. The number of aryl methyl sites for hydroxylation is 2. The third kappa shape index (κ3) is 4.70. The second-order valence-electron chi connectivity index (χ2n) is 5.98. The number of carbonyl (C=O) groups is 1. The van der Waals surface area contributed by atoms with Crippen LogP contribution in [0.4, 0.5) is 5.69 Å². The Morgan fingerprint density at radius 1 is 1.24 bits per heavy atom. The third-order valence-electron chi connectivity index (χ3n) is 3.71. The van der Waals surface area contributed by atoms with Crippen LogP contribution in [0.25, 0.3) is 0 Å². The van der Waals surface area contributed by atoms with Crippen LogP contribution in [0.2, 0.25) is 0 Å². The molecule has 0 spiro atoms. The molecule has 1 aromatic carbocycles. The van der Waals surface area contributed by atoms with E-state index in [1.54, 1.807) is 11.3 Å². The first kappa shape index (κ1) is 17.7. The van der Waals surface area contributed by atoms with Crippen LogP contribution in [0.5, 0.6) is 0 Å². The number of benzene rings is 1. The highest BCUT2D eigenvalue weighted by Gasteiger charge is 2.12. The summed E-state index contributed by atoms with van der Waals surface area (Å²) in [6.45, 7) is 4.04. The van der Waals surface area contributed by atoms with Crippen LogP contribution < -0.4 is 5.32 Å². The smallest absolute Gasteiger partial charge is 0.234 e. The molecule has 0 saturated carbocycles. The summed E-state index contributed by atoms with van der Waals surface area (Å²) in [6.07, 6.45) is 0.752. The minimum absolute atomic E-state index is 0.0441. The van der Waals surface area contributed by atoms with E-state index in [1.165, 1.54) is 17.3 Å². The molecule has 3 rings (SSSR count). The lowest BCUT2D eigenvalue weighted by atomic mass is 10.1. The fraction of sp³-hybridized carbons (Fsp3) is 0.278. The standard InChI is InChI=1S/C18H20N4OS2/c1-12-6-13(2)8-15(7-12)19-17(23)11-25-18-21-20-16(22(18)3)9-14-4-5-24-10-14/h4-8,10H,9,11H2,1-3H3,(H,19,23). The average Bonchev–Trinajstić information content (AvgIpc) is 3.16. The molecule has 0 aliphatic carbocycles. The van der Waals surface area contributed by atoms with E-state index in [-0.39, 0.29) is 5.91 Å². The van der Waals surface area contributed by atoms with Gasteiger partial charge in [0.2, 0.25) is 5.91 Å². The predicted molar refractivity (Wildman–Crippen MR) is 103 cm³/mol. The highest BCUT2D eigenvalue weighted by Crippen LogP contribution is 2.19. The van der Waals surface area contributed by atoms with Crippen LogP contribution in [0.15, 0.2) is 40.2 Å². The normalized spacial score (nSPS) is 10.8. The number of anilines is 1. The lowest BCUT2D eigenvalue weighted by molar-refractivity contribution is -0.113. The van der Waals surface area contributed by atoms with E-state index in [0.717, 1.165) is 34.2 Å². The first-order chi connectivity index (χ1) is 12.0. The Hall–Kier alpha value is -2.12. The van der Waals surface area contributed by atoms with Crippen molar-refractivity contribution < 1.29 is 4.79 Å². The molecule has 2 aromatic heterocycles. The molecule has 2 heterocycles. The molecule has 0 aliphatic rings. The van der Waals surface area contributed by atoms with Gasteiger partial charge in [0.1, 0.15) is 5.82 Å². The number of amides is 1. The molecule has 25 heavy (non-hydrogen) atoms. The van der Waals surface area contributed by atoms with Gasteiger partial charge in [-0.25, -0.2) is 0 Å². The van der Waals surface area contributed by atoms with E-state index in [2.05, 4.69) is 38.4 Å². The highest BCUT2D eigenvalue weighted by atomic mass is 32.2. The summed E-state index contributed by atoms with van der Waals surface area (Å²) < 4.78 is 1.95. The van der Waals surface area contributed by atoms with Crippen LogP contribution in [0.1, 0.15) is 22.5 Å². The summed E-state index contributed by atoms with van der Waals surface area (Å²) in [7, 11) is 1.94. The van der Waals surface area contributed by atoms with E-state index >= 15 is 0 Å². The molecule has 7 heteroatoms. The fourth-order valence-corrected chi connectivity index (χ4v) is 3.97. The Morgan fingerprint density at radius 3 is 2.68 bits per heavy atom. The number of aromatic nitrogens is 3. The van der Waals surface area contributed by atoms with Gasteiger partial charge in [-0.3, -0.25) is 4.79 Å². The molecule has 0 fully saturated rings. The van der Waals surface area contributed by atoms with Gasteiger partial charge in [-0.05, 0) is 59.5 Å². The van der Waals surface area contributed by atoms with Gasteiger partial charge >= 0.3 is 0 Å². The zero-order valence-corrected chi connectivity index (χ0v) is 16.1. The van der Waals surface area contributed by atoms with Gasteiger partial charge in [0.05, 0.1) is 5.75 Å². The molecular weight excluding hydrogens is 352 g/mol. The maximum absolute atomic E-state index is 12.2. The first-order valence-corrected chi connectivity index (χ1v) is 9.84. The quantitative estimate of drug-likeness (QED) is 0.668. The minimum atomic E-state index is -0.0441. The molecule has 0 aliphatic heterocycles. The Morgan fingerprint density at radius 2 is 2.00 bits per heavy atom. The van der Waals surface area contributed by atoms with Gasteiger partial charge in [0.25, 0.3) is 0 Å². The third-order valence-corrected chi connectivity index (χ3v) is 5.46. The number of thiophene rings is 1. The van der Waals surface area contributed by atoms with Gasteiger partial charge in [-0.15, -0.1) is 10.2 Å². The van der Waals surface area contributed by atoms with Gasteiger partial charge in [0.15, 0.2) is 5.16 Å². The van der Waals surface area contributed by atoms with Gasteiger partial charge in [0, 0.05) is 19.2 Å². The molecule has 3 aromatic rings. The monoisotopic (exact) mass is 372 g/mol. The van der Waals surface area contributed by atoms with Gasteiger partial charge in [-0.2, -0.15) is 11.3 Å². The number of nitrogens with one attached hydrogen (secondary N) is 1. The average molecular weight is 373 g/mol. The zero-order valence-electron chi connectivity index (χ0n) is 14.4. The molecule has 0 atom stereocenters. The summed E-state index contributed by atoms with van der Waals surface area (Å²) >= 11 is 3.07. The molecule has 1 amide bonds. The summed E-state index contributed by atoms with van der Waals surface area (Å²) in [5, 5.41) is 16.3. The van der Waals surface area contributed by atoms with E-state index in [9.17, 15) is 4.79 Å². The van der Waals surface area contributed by atoms with Crippen molar-refractivity contribution in [3.63, 3.8) is 0 Å². The summed E-state index contributed by atoms with van der Waals surface area (Å²) in [5.41, 5.74) is 4.33. The number of hydrogen-bond acceptors (Lipinski definition) is 5. The largest absolute Gasteiger partial charge is 0.325 e. The fourth-order valence-electron chi connectivity index (χ4n) is 2.57. The van der Waals surface area contributed by atoms with Gasteiger partial charge in [-0.1, -0.05) is 17.8 Å². The number of nitrogens with zero attached hydrogens (tertiary/aromatic N) is 3. The Kier molecular flexibility index (Phi) is 5.55. The van der Waals surface area contributed by atoms with Crippen LogP contribution in [-0.4, -0.2) is 26.4 Å². The number of carbonyl (C=O) groups excluding carboxylic acids is 1. The highest BCUT2D eigenvalue weighted by molar-refractivity contribution is 7.99. The van der Waals surface area contributed by atoms with Crippen LogP contribution in [0.3, 0.4) is 0 Å². The molecule has 130 valence electrons. The van der Waals surface area contributed by atoms with Crippen molar-refractivity contribution in [1.82, 2.24) is 14.8 Å². The molecule has 5 nitrogen and oxygen atoms in total. The van der Waals surface area contributed by atoms with Crippen molar-refractivity contribution in [2.75, 3.05) is 11.1 Å². The molecule has 0 saturated heterocycles. The Bertz CT molecular complexity index is 851. The number of thioether (sulfide) groups is 1. The number of hydrogen-bond donors (Lipinski definition) is 1. The van der Waals surface area contributed by atoms with Crippen molar-refractivity contribution in [3.05, 3.63) is 57.5 Å². The van der Waals surface area contributed by atoms with Crippen molar-refractivity contribution in [2.24, 2.45) is 7.05 Å². The predicted octanol–water partition coefficient (Wildman–Crippen LogP) is 3.82. The lowest BCUT2D eigenvalue weighted by Crippen LogP contribution is -2.14. The molecule has 0 bridgehead atoms. The van der Waals surface area contributed by atoms with Crippen molar-refractivity contribution >= 4 is 34.7 Å². The van der Waals surface area contributed by atoms with Crippen molar-refractivity contribution in [1.29, 1.82) is 0 Å². The maximum atomic E-state index is 12.2. The molecular formula is C18H20N4OS2. The van der Waals surface area contributed by atoms with Gasteiger partial charge < -0.3 is 9.88 Å². The van der Waals surface area contributed by atoms with Crippen molar-refractivity contribution in [2.45, 2.75) is 25.4 Å². The minimum Gasteiger partial charge on any atom is -0.325 e.